The van der Waals surface area contributed by atoms with Crippen LogP contribution in [-0.2, 0) is 19.2 Å². The number of rotatable bonds is 13. The molecule has 2 amide bonds. The van der Waals surface area contributed by atoms with E-state index in [4.69, 9.17) is 5.73 Å². The van der Waals surface area contributed by atoms with E-state index in [0.717, 1.165) is 31.8 Å². The summed E-state index contributed by atoms with van der Waals surface area (Å²) < 4.78 is 0. The Balaban J connectivity index is 0.00000620. The van der Waals surface area contributed by atoms with Crippen LogP contribution in [0.4, 0.5) is 5.69 Å². The number of nitrogens with two attached hydrogens (primary N) is 1. The number of hydrogen-bond acceptors (Lipinski definition) is 10. The van der Waals surface area contributed by atoms with Crippen LogP contribution in [-0.4, -0.2) is 98.5 Å². The van der Waals surface area contributed by atoms with Crippen LogP contribution in [0.1, 0.15) is 62.5 Å². The van der Waals surface area contributed by atoms with E-state index in [0.29, 0.717) is 12.0 Å². The van der Waals surface area contributed by atoms with Crippen LogP contribution in [0.2, 0.25) is 0 Å². The Labute approximate surface area is 339 Å². The number of ketones is 2. The number of likely N-dealkylation sites (N-methyl/N-ethyl adjacent to an activating group) is 1. The van der Waals surface area contributed by atoms with E-state index in [1.807, 2.05) is 12.1 Å². The molecule has 3 aliphatic carbocycles. The first kappa shape index (κ1) is 43.5. The minimum atomic E-state index is -3.00. The molecule has 0 bridgehead atoms. The number of benzene rings is 3. The lowest BCUT2D eigenvalue weighted by molar-refractivity contribution is -0.169. The molecule has 6 rings (SSSR count). The van der Waals surface area contributed by atoms with Gasteiger partial charge in [0, 0.05) is 17.9 Å². The SMILES string of the molecule is C[C@H]1c2ccc(NC(=O)CCCCCCC[P+](C)(c3ccccc3)c3ccccc3)c(O)c2C(O)=C2C(=O)[C@]3(O)C(O)=C(C(N)=O)C(=O)[C@@H](N(C)C)[C@@H]3[C@@H](O)[C@@H]21.[Cl-]. The number of primary amides is 1. The van der Waals surface area contributed by atoms with Crippen molar-refractivity contribution in [3.8, 4) is 5.75 Å². The highest BCUT2D eigenvalue weighted by Gasteiger charge is 2.68. The topological polar surface area (TPSA) is 211 Å². The first-order chi connectivity index (χ1) is 26.6. The van der Waals surface area contributed by atoms with Gasteiger partial charge in [-0.3, -0.25) is 24.1 Å². The first-order valence-electron chi connectivity index (χ1n) is 19.0. The zero-order valence-corrected chi connectivity index (χ0v) is 34.1. The van der Waals surface area contributed by atoms with Gasteiger partial charge < -0.3 is 49.0 Å². The second-order valence-electron chi connectivity index (χ2n) is 15.6. The third-order valence-corrected chi connectivity index (χ3v) is 16.2. The van der Waals surface area contributed by atoms with Gasteiger partial charge in [-0.25, -0.2) is 0 Å². The smallest absolute Gasteiger partial charge is 0.255 e. The van der Waals surface area contributed by atoms with Crippen molar-refractivity contribution in [2.24, 2.45) is 17.6 Å². The third kappa shape index (κ3) is 7.50. The highest BCUT2D eigenvalue weighted by Crippen LogP contribution is 2.57. The normalized spacial score (nSPS) is 24.4. The molecule has 0 unspecified atom stereocenters. The quantitative estimate of drug-likeness (QED) is 0.0565. The summed E-state index contributed by atoms with van der Waals surface area (Å²) in [4.78, 5) is 54.3. The molecule has 57 heavy (non-hydrogen) atoms. The molecule has 0 spiro atoms. The van der Waals surface area contributed by atoms with Gasteiger partial charge in [-0.2, -0.15) is 0 Å². The number of aromatic hydroxyl groups is 1. The Bertz CT molecular complexity index is 2070. The van der Waals surface area contributed by atoms with Gasteiger partial charge in [0.1, 0.15) is 22.8 Å². The summed E-state index contributed by atoms with van der Waals surface area (Å²) in [6, 6.07) is 23.0. The van der Waals surface area contributed by atoms with E-state index in [2.05, 4.69) is 60.5 Å². The highest BCUT2D eigenvalue weighted by molar-refractivity contribution is 7.88. The lowest BCUT2D eigenvalue weighted by Crippen LogP contribution is -3.00. The van der Waals surface area contributed by atoms with Gasteiger partial charge in [0.2, 0.25) is 11.7 Å². The van der Waals surface area contributed by atoms with E-state index in [1.54, 1.807) is 13.0 Å². The predicted octanol–water partition coefficient (Wildman–Crippen LogP) is 1.08. The number of aliphatic hydroxyl groups excluding tert-OH is 3. The number of phenolic OH excluding ortho intramolecular Hbond substituents is 1. The van der Waals surface area contributed by atoms with Gasteiger partial charge in [0.25, 0.3) is 5.91 Å². The molecule has 0 saturated heterocycles. The third-order valence-electron chi connectivity index (χ3n) is 12.1. The number of fused-ring (bicyclic) bond motifs is 3. The van der Waals surface area contributed by atoms with Crippen LogP contribution in [0.15, 0.2) is 89.7 Å². The molecule has 14 heteroatoms. The van der Waals surface area contributed by atoms with Crippen molar-refractivity contribution < 1.29 is 57.1 Å². The molecule has 3 aromatic rings. The molecule has 12 nitrogen and oxygen atoms in total. The van der Waals surface area contributed by atoms with Gasteiger partial charge in [-0.1, -0.05) is 62.2 Å². The number of nitrogens with zero attached hydrogens (tertiary/aromatic N) is 1. The van der Waals surface area contributed by atoms with Gasteiger partial charge in [-0.15, -0.1) is 0 Å². The minimum absolute atomic E-state index is 0. The molecule has 304 valence electrons. The summed E-state index contributed by atoms with van der Waals surface area (Å²) in [5.41, 5.74) is 1.08. The number of anilines is 1. The zero-order valence-electron chi connectivity index (χ0n) is 32.5. The Hall–Kier alpha value is -4.58. The molecular weight excluding hydrogens is 769 g/mol. The van der Waals surface area contributed by atoms with E-state index in [9.17, 15) is 44.7 Å². The average molecular weight is 820 g/mol. The van der Waals surface area contributed by atoms with Crippen molar-refractivity contribution in [3.05, 3.63) is 101 Å². The molecule has 0 heterocycles. The Morgan fingerprint density at radius 3 is 2.00 bits per heavy atom. The largest absolute Gasteiger partial charge is 1.00 e. The van der Waals surface area contributed by atoms with E-state index >= 15 is 0 Å². The van der Waals surface area contributed by atoms with Crippen LogP contribution < -0.4 is 34.1 Å². The number of nitrogens with one attached hydrogen (secondary N) is 1. The van der Waals surface area contributed by atoms with E-state index in [1.165, 1.54) is 35.7 Å². The second kappa shape index (κ2) is 17.1. The molecule has 0 aromatic heterocycles. The van der Waals surface area contributed by atoms with Crippen molar-refractivity contribution in [2.75, 3.05) is 32.2 Å². The molecule has 3 aromatic carbocycles. The standard InChI is InChI=1S/C43H50N3O9P.ClH/c1-24-27-21-22-28(45-29(47)20-14-6-5-7-15-23-56(4,25-16-10-8-11-17-25)26-18-12-9-13-19-26)36(48)31(27)37(49)32-30(24)38(50)34-35(46(2)3)39(51)33(42(44)54)41(53)43(34,55)40(32)52;/h8-13,16-19,21-22,24,30,34-35,38,50,55H,5-7,14-15,20,23H2,1-4H3,(H5-,44,45,47,48,49,51,52,53,54);1H/t24-,30+,34+,35-,38-,43-;/m0./s1. The Morgan fingerprint density at radius 1 is 0.877 bits per heavy atom. The first-order valence-corrected chi connectivity index (χ1v) is 21.4. The van der Waals surface area contributed by atoms with Crippen molar-refractivity contribution in [1.82, 2.24) is 4.90 Å². The number of unbranched alkanes of at least 4 members (excludes halogenated alkanes) is 4. The lowest BCUT2D eigenvalue weighted by atomic mass is 9.54. The molecule has 1 saturated carbocycles. The fourth-order valence-electron chi connectivity index (χ4n) is 9.10. The van der Waals surface area contributed by atoms with Crippen LogP contribution in [0.3, 0.4) is 0 Å². The number of aliphatic hydroxyl groups is 4. The van der Waals surface area contributed by atoms with Crippen molar-refractivity contribution >= 4 is 52.7 Å². The van der Waals surface area contributed by atoms with Gasteiger partial charge in [0.05, 0.1) is 60.0 Å². The summed E-state index contributed by atoms with van der Waals surface area (Å²) in [5.74, 6) is -10.1. The van der Waals surface area contributed by atoms with Crippen molar-refractivity contribution in [2.45, 2.75) is 69.1 Å². The van der Waals surface area contributed by atoms with Crippen LogP contribution in [0.5, 0.6) is 5.75 Å². The Kier molecular flexibility index (Phi) is 13.1. The average Bonchev–Trinajstić information content (AvgIpc) is 3.17. The number of carbonyl (C=O) groups is 4. The molecule has 3 aliphatic rings. The number of phenols is 1. The van der Waals surface area contributed by atoms with Crippen LogP contribution in [0.25, 0.3) is 5.76 Å². The molecule has 8 N–H and O–H groups in total. The minimum Gasteiger partial charge on any atom is -1.00 e. The molecule has 0 aliphatic heterocycles. The number of Topliss-reactive ketones (excluding diaryl/α,β-unsaturated/α-hetero) is 2. The fourth-order valence-corrected chi connectivity index (χ4v) is 12.4. The maximum Gasteiger partial charge on any atom is 0.255 e. The van der Waals surface area contributed by atoms with Crippen molar-refractivity contribution in [1.29, 1.82) is 0 Å². The fraction of sp³-hybridized carbons (Fsp3) is 0.395. The maximum absolute atomic E-state index is 14.2. The van der Waals surface area contributed by atoms with Crippen LogP contribution in [0, 0.1) is 11.8 Å². The number of hydrogen-bond donors (Lipinski definition) is 7. The summed E-state index contributed by atoms with van der Waals surface area (Å²) in [6.07, 6.45) is 4.12. The Morgan fingerprint density at radius 2 is 1.44 bits per heavy atom. The number of halogens is 1. The predicted molar refractivity (Wildman–Crippen MR) is 217 cm³/mol. The lowest BCUT2D eigenvalue weighted by Gasteiger charge is -2.53. The second-order valence-corrected chi connectivity index (χ2v) is 19.5. The van der Waals surface area contributed by atoms with Gasteiger partial charge in [0.15, 0.2) is 11.4 Å². The van der Waals surface area contributed by atoms with Gasteiger partial charge in [-0.05, 0) is 75.2 Å². The van der Waals surface area contributed by atoms with Gasteiger partial charge >= 0.3 is 0 Å². The summed E-state index contributed by atoms with van der Waals surface area (Å²) >= 11 is 0. The van der Waals surface area contributed by atoms with E-state index in [-0.39, 0.29) is 36.0 Å². The highest BCUT2D eigenvalue weighted by atomic mass is 35.5. The summed E-state index contributed by atoms with van der Waals surface area (Å²) in [5, 5.41) is 63.3. The number of carbonyl (C=O) groups excluding carboxylic acids is 4. The molecular formula is C43H51ClN3O9P. The summed E-state index contributed by atoms with van der Waals surface area (Å²) in [6.45, 7) is 4.05. The molecule has 6 atom stereocenters. The number of amides is 2. The zero-order chi connectivity index (χ0) is 40.7. The molecule has 0 radical (unpaired) electrons. The summed E-state index contributed by atoms with van der Waals surface area (Å²) in [7, 11) is 1.36. The van der Waals surface area contributed by atoms with E-state index < -0.39 is 88.7 Å². The molecule has 1 fully saturated rings. The maximum atomic E-state index is 14.2. The van der Waals surface area contributed by atoms with Crippen LogP contribution >= 0.6 is 7.26 Å². The monoisotopic (exact) mass is 819 g/mol. The van der Waals surface area contributed by atoms with Crippen molar-refractivity contribution in [3.63, 3.8) is 0 Å².